The van der Waals surface area contributed by atoms with Crippen LogP contribution in [0.3, 0.4) is 0 Å². The number of benzene rings is 1. The van der Waals surface area contributed by atoms with Gasteiger partial charge in [0.05, 0.1) is 49.3 Å². The average molecular weight is 584 g/mol. The lowest BCUT2D eigenvalue weighted by atomic mass is 9.85. The summed E-state index contributed by atoms with van der Waals surface area (Å²) < 4.78 is 47.0. The van der Waals surface area contributed by atoms with Gasteiger partial charge in [0.25, 0.3) is 6.43 Å². The normalized spacial score (nSPS) is 23.6. The summed E-state index contributed by atoms with van der Waals surface area (Å²) in [6.45, 7) is 8.75. The van der Waals surface area contributed by atoms with Crippen molar-refractivity contribution in [1.82, 2.24) is 24.6 Å². The number of pyridine rings is 1. The molecule has 2 saturated heterocycles. The van der Waals surface area contributed by atoms with E-state index in [4.69, 9.17) is 24.3 Å². The number of amides is 1. The van der Waals surface area contributed by atoms with Gasteiger partial charge in [-0.1, -0.05) is 6.07 Å². The van der Waals surface area contributed by atoms with Crippen LogP contribution < -0.4 is 4.74 Å². The van der Waals surface area contributed by atoms with E-state index in [9.17, 15) is 13.6 Å². The van der Waals surface area contributed by atoms with Crippen molar-refractivity contribution in [3.8, 4) is 5.75 Å². The van der Waals surface area contributed by atoms with Crippen molar-refractivity contribution in [2.75, 3.05) is 26.2 Å². The molecule has 0 N–H and O–H groups in total. The largest absolute Gasteiger partial charge is 0.485 e. The zero-order chi connectivity index (χ0) is 29.6. The summed E-state index contributed by atoms with van der Waals surface area (Å²) in [5.74, 6) is 0.571. The lowest BCUT2D eigenvalue weighted by molar-refractivity contribution is -0.0366. The SMILES string of the molecule is C[C@@H]1Cc2c(ccc3c2cnn3C2CCCCO2)C(c2ccc(OC3CN(C(=O)OC(C)(C)C)C3)cn2)N1CC(F)F. The number of halogens is 2. The van der Waals surface area contributed by atoms with Crippen molar-refractivity contribution >= 4 is 17.0 Å². The molecule has 1 aromatic carbocycles. The summed E-state index contributed by atoms with van der Waals surface area (Å²) in [7, 11) is 0. The van der Waals surface area contributed by atoms with Gasteiger partial charge in [-0.3, -0.25) is 9.88 Å². The second-order valence-corrected chi connectivity index (χ2v) is 12.6. The number of likely N-dealkylation sites (tertiary alicyclic amines) is 1. The van der Waals surface area contributed by atoms with E-state index in [0.717, 1.165) is 47.9 Å². The summed E-state index contributed by atoms with van der Waals surface area (Å²) in [5, 5.41) is 5.73. The first-order valence-electron chi connectivity index (χ1n) is 14.8. The first kappa shape index (κ1) is 28.8. The summed E-state index contributed by atoms with van der Waals surface area (Å²) in [4.78, 5) is 20.4. The molecule has 0 radical (unpaired) electrons. The Balaban J connectivity index is 1.23. The van der Waals surface area contributed by atoms with E-state index in [2.05, 4.69) is 0 Å². The fourth-order valence-electron chi connectivity index (χ4n) is 6.25. The first-order chi connectivity index (χ1) is 20.1. The molecule has 1 amide bonds. The maximum atomic E-state index is 13.8. The standard InChI is InChI=1S/C31H39F2N5O4/c1-19-13-23-22(9-11-26-24(23)15-35-38(26)28-7-5-6-12-40-28)29(37(19)18-27(32)33)25-10-8-20(14-34-25)41-21-16-36(17-21)30(39)42-31(2,3)4/h8-11,14-15,19,21,27-29H,5-7,12-13,16-18H2,1-4H3/t19-,28?,29?/m1/s1. The highest BCUT2D eigenvalue weighted by molar-refractivity contribution is 5.84. The van der Waals surface area contributed by atoms with E-state index in [-0.39, 0.29) is 31.0 Å². The Bertz CT molecular complexity index is 1410. The molecule has 2 unspecified atom stereocenters. The molecule has 11 heteroatoms. The summed E-state index contributed by atoms with van der Waals surface area (Å²) in [6.07, 6.45) is 4.20. The highest BCUT2D eigenvalue weighted by Gasteiger charge is 2.38. The summed E-state index contributed by atoms with van der Waals surface area (Å²) in [6, 6.07) is 7.20. The lowest BCUT2D eigenvalue weighted by Gasteiger charge is -2.42. The van der Waals surface area contributed by atoms with Crippen molar-refractivity contribution in [2.45, 2.75) is 89.8 Å². The number of aromatic nitrogens is 3. The van der Waals surface area contributed by atoms with Gasteiger partial charge in [0, 0.05) is 18.0 Å². The van der Waals surface area contributed by atoms with E-state index >= 15 is 0 Å². The minimum atomic E-state index is -2.47. The number of rotatable bonds is 6. The van der Waals surface area contributed by atoms with Crippen molar-refractivity contribution < 1.29 is 27.8 Å². The van der Waals surface area contributed by atoms with Gasteiger partial charge < -0.3 is 19.1 Å². The third-order valence-corrected chi connectivity index (χ3v) is 8.24. The fraction of sp³-hybridized carbons (Fsp3) is 0.581. The van der Waals surface area contributed by atoms with Crippen molar-refractivity contribution in [2.24, 2.45) is 0 Å². The molecule has 0 spiro atoms. The smallest absolute Gasteiger partial charge is 0.410 e. The molecule has 3 aliphatic rings. The fourth-order valence-corrected chi connectivity index (χ4v) is 6.25. The molecule has 2 fully saturated rings. The number of carbonyl (C=O) groups is 1. The van der Waals surface area contributed by atoms with Crippen LogP contribution in [0.2, 0.25) is 0 Å². The topological polar surface area (TPSA) is 82.0 Å². The quantitative estimate of drug-likeness (QED) is 0.367. The highest BCUT2D eigenvalue weighted by atomic mass is 19.3. The van der Waals surface area contributed by atoms with E-state index < -0.39 is 18.1 Å². The molecule has 5 heterocycles. The Morgan fingerprint density at radius 2 is 1.95 bits per heavy atom. The molecule has 2 aromatic heterocycles. The number of hydrogen-bond acceptors (Lipinski definition) is 7. The molecule has 0 bridgehead atoms. The van der Waals surface area contributed by atoms with Crippen molar-refractivity contribution in [3.05, 3.63) is 53.5 Å². The molecular formula is C31H39F2N5O4. The van der Waals surface area contributed by atoms with Crippen molar-refractivity contribution in [3.63, 3.8) is 0 Å². The van der Waals surface area contributed by atoms with Crippen LogP contribution in [-0.4, -0.2) is 81.1 Å². The van der Waals surface area contributed by atoms with Crippen LogP contribution in [0.25, 0.3) is 10.9 Å². The second kappa shape index (κ2) is 11.4. The van der Waals surface area contributed by atoms with E-state index in [1.165, 1.54) is 0 Å². The molecule has 3 aromatic rings. The van der Waals surface area contributed by atoms with Crippen LogP contribution in [0.4, 0.5) is 13.6 Å². The Morgan fingerprint density at radius 3 is 2.62 bits per heavy atom. The van der Waals surface area contributed by atoms with Crippen LogP contribution in [0.5, 0.6) is 5.75 Å². The third kappa shape index (κ3) is 5.81. The van der Waals surface area contributed by atoms with Gasteiger partial charge in [-0.25, -0.2) is 18.3 Å². The second-order valence-electron chi connectivity index (χ2n) is 12.6. The molecular weight excluding hydrogens is 544 g/mol. The Hall–Kier alpha value is -3.31. The van der Waals surface area contributed by atoms with Gasteiger partial charge in [0.2, 0.25) is 0 Å². The molecule has 3 atom stereocenters. The van der Waals surface area contributed by atoms with E-state index in [0.29, 0.717) is 31.0 Å². The van der Waals surface area contributed by atoms with Crippen LogP contribution in [-0.2, 0) is 15.9 Å². The van der Waals surface area contributed by atoms with E-state index in [1.54, 1.807) is 11.1 Å². The molecule has 42 heavy (non-hydrogen) atoms. The molecule has 9 nitrogen and oxygen atoms in total. The third-order valence-electron chi connectivity index (χ3n) is 8.24. The zero-order valence-electron chi connectivity index (χ0n) is 24.6. The first-order valence-corrected chi connectivity index (χ1v) is 14.8. The number of alkyl halides is 2. The molecule has 0 saturated carbocycles. The predicted molar refractivity (Wildman–Crippen MR) is 153 cm³/mol. The van der Waals surface area contributed by atoms with Gasteiger partial charge in [-0.05, 0) is 82.7 Å². The zero-order valence-corrected chi connectivity index (χ0v) is 24.6. The van der Waals surface area contributed by atoms with E-state index in [1.807, 2.05) is 67.7 Å². The minimum absolute atomic E-state index is 0.0810. The average Bonchev–Trinajstić information content (AvgIpc) is 3.35. The number of ether oxygens (including phenoxy) is 3. The van der Waals surface area contributed by atoms with Gasteiger partial charge in [0.15, 0.2) is 6.23 Å². The Kier molecular flexibility index (Phi) is 7.82. The Labute approximate surface area is 244 Å². The van der Waals surface area contributed by atoms with Crippen LogP contribution in [0.1, 0.15) is 76.0 Å². The van der Waals surface area contributed by atoms with Crippen LogP contribution in [0.15, 0.2) is 36.7 Å². The lowest BCUT2D eigenvalue weighted by Crippen LogP contribution is -2.57. The number of hydrogen-bond donors (Lipinski definition) is 0. The minimum Gasteiger partial charge on any atom is -0.485 e. The monoisotopic (exact) mass is 583 g/mol. The maximum absolute atomic E-state index is 13.8. The van der Waals surface area contributed by atoms with Crippen LogP contribution >= 0.6 is 0 Å². The molecule has 0 aliphatic carbocycles. The molecule has 6 rings (SSSR count). The maximum Gasteiger partial charge on any atom is 0.410 e. The summed E-state index contributed by atoms with van der Waals surface area (Å²) >= 11 is 0. The molecule has 3 aliphatic heterocycles. The van der Waals surface area contributed by atoms with Gasteiger partial charge >= 0.3 is 6.09 Å². The predicted octanol–water partition coefficient (Wildman–Crippen LogP) is 5.73. The van der Waals surface area contributed by atoms with Crippen LogP contribution in [0, 0.1) is 0 Å². The summed E-state index contributed by atoms with van der Waals surface area (Å²) in [5.41, 5.74) is 3.23. The van der Waals surface area contributed by atoms with Gasteiger partial charge in [-0.2, -0.15) is 5.10 Å². The molecule has 226 valence electrons. The highest BCUT2D eigenvalue weighted by Crippen LogP contribution is 2.41. The van der Waals surface area contributed by atoms with Gasteiger partial charge in [-0.15, -0.1) is 0 Å². The Morgan fingerprint density at radius 1 is 1.14 bits per heavy atom. The van der Waals surface area contributed by atoms with Crippen molar-refractivity contribution in [1.29, 1.82) is 0 Å². The number of fused-ring (bicyclic) bond motifs is 3. The van der Waals surface area contributed by atoms with Gasteiger partial charge in [0.1, 0.15) is 17.5 Å². The number of carbonyl (C=O) groups excluding carboxylic acids is 1. The number of nitrogens with zero attached hydrogens (tertiary/aromatic N) is 5.